The first kappa shape index (κ1) is 17.8. The van der Waals surface area contributed by atoms with E-state index in [1.807, 2.05) is 48.5 Å². The number of rotatable bonds is 6. The summed E-state index contributed by atoms with van der Waals surface area (Å²) in [5, 5.41) is 10.5. The van der Waals surface area contributed by atoms with Crippen molar-refractivity contribution < 1.29 is 0 Å². The highest BCUT2D eigenvalue weighted by Crippen LogP contribution is 2.27. The Morgan fingerprint density at radius 1 is 0.778 bits per heavy atom. The van der Waals surface area contributed by atoms with Crippen LogP contribution >= 0.6 is 23.4 Å². The van der Waals surface area contributed by atoms with E-state index in [4.69, 9.17) is 11.6 Å². The molecule has 1 aromatic heterocycles. The fourth-order valence-corrected chi connectivity index (χ4v) is 3.99. The monoisotopic (exact) mass is 391 g/mol. The molecule has 0 saturated heterocycles. The van der Waals surface area contributed by atoms with Crippen molar-refractivity contribution in [3.05, 3.63) is 107 Å². The molecule has 0 amide bonds. The van der Waals surface area contributed by atoms with Crippen molar-refractivity contribution in [2.75, 3.05) is 0 Å². The summed E-state index contributed by atoms with van der Waals surface area (Å²) in [6.45, 7) is 0. The topological polar surface area (TPSA) is 30.7 Å². The average molecular weight is 392 g/mol. The highest BCUT2D eigenvalue weighted by Gasteiger charge is 2.15. The van der Waals surface area contributed by atoms with Crippen LogP contribution in [0.2, 0.25) is 5.02 Å². The van der Waals surface area contributed by atoms with Crippen molar-refractivity contribution >= 4 is 23.4 Å². The molecule has 4 rings (SSSR count). The number of hydrogen-bond acceptors (Lipinski definition) is 3. The standard InChI is InChI=1S/C22H18ClN3S/c23-19-12-7-13-20(15-19)26-21(14-17-8-3-1-4-9-17)24-25-22(26)27-16-18-10-5-2-6-11-18/h1-13,15H,14,16H2. The lowest BCUT2D eigenvalue weighted by molar-refractivity contribution is 0.848. The quantitative estimate of drug-likeness (QED) is 0.389. The van der Waals surface area contributed by atoms with Crippen LogP contribution < -0.4 is 0 Å². The third-order valence-corrected chi connectivity index (χ3v) is 5.42. The first-order valence-corrected chi connectivity index (χ1v) is 10.1. The van der Waals surface area contributed by atoms with E-state index in [-0.39, 0.29) is 0 Å². The van der Waals surface area contributed by atoms with Gasteiger partial charge in [-0.05, 0) is 29.3 Å². The van der Waals surface area contributed by atoms with E-state index in [1.165, 1.54) is 11.1 Å². The van der Waals surface area contributed by atoms with Crippen LogP contribution in [0.3, 0.4) is 0 Å². The largest absolute Gasteiger partial charge is 0.274 e. The van der Waals surface area contributed by atoms with Gasteiger partial charge in [0, 0.05) is 17.2 Å². The molecular formula is C22H18ClN3S. The Kier molecular flexibility index (Phi) is 5.56. The molecule has 134 valence electrons. The maximum absolute atomic E-state index is 6.24. The number of benzene rings is 3. The molecule has 0 atom stereocenters. The molecule has 5 heteroatoms. The number of nitrogens with zero attached hydrogens (tertiary/aromatic N) is 3. The summed E-state index contributed by atoms with van der Waals surface area (Å²) >= 11 is 7.92. The Morgan fingerprint density at radius 3 is 2.19 bits per heavy atom. The summed E-state index contributed by atoms with van der Waals surface area (Å²) < 4.78 is 2.10. The van der Waals surface area contributed by atoms with Gasteiger partial charge in [-0.3, -0.25) is 4.57 Å². The number of halogens is 1. The first-order valence-electron chi connectivity index (χ1n) is 8.70. The van der Waals surface area contributed by atoms with Crippen molar-refractivity contribution in [1.29, 1.82) is 0 Å². The van der Waals surface area contributed by atoms with E-state index in [0.29, 0.717) is 11.4 Å². The van der Waals surface area contributed by atoms with Crippen LogP contribution in [0.25, 0.3) is 5.69 Å². The molecule has 0 unspecified atom stereocenters. The Labute approximate surface area is 168 Å². The molecule has 4 aromatic rings. The average Bonchev–Trinajstić information content (AvgIpc) is 3.10. The predicted molar refractivity (Wildman–Crippen MR) is 112 cm³/mol. The van der Waals surface area contributed by atoms with Gasteiger partial charge in [0.1, 0.15) is 5.82 Å². The SMILES string of the molecule is Clc1cccc(-n2c(Cc3ccccc3)nnc2SCc2ccccc2)c1. The van der Waals surface area contributed by atoms with Gasteiger partial charge in [-0.1, -0.05) is 90.1 Å². The normalized spacial score (nSPS) is 10.9. The minimum atomic E-state index is 0.700. The highest BCUT2D eigenvalue weighted by molar-refractivity contribution is 7.98. The lowest BCUT2D eigenvalue weighted by Gasteiger charge is -2.11. The summed E-state index contributed by atoms with van der Waals surface area (Å²) in [5.74, 6) is 1.74. The van der Waals surface area contributed by atoms with Crippen LogP contribution in [0.1, 0.15) is 17.0 Å². The lowest BCUT2D eigenvalue weighted by Crippen LogP contribution is -2.04. The number of thioether (sulfide) groups is 1. The van der Waals surface area contributed by atoms with Gasteiger partial charge < -0.3 is 0 Å². The molecule has 3 nitrogen and oxygen atoms in total. The van der Waals surface area contributed by atoms with Crippen molar-refractivity contribution in [2.24, 2.45) is 0 Å². The Bertz CT molecular complexity index is 1020. The van der Waals surface area contributed by atoms with Crippen molar-refractivity contribution in [3.63, 3.8) is 0 Å². The van der Waals surface area contributed by atoms with Gasteiger partial charge >= 0.3 is 0 Å². The zero-order valence-electron chi connectivity index (χ0n) is 14.6. The smallest absolute Gasteiger partial charge is 0.196 e. The second-order valence-corrected chi connectivity index (χ2v) is 7.53. The first-order chi connectivity index (χ1) is 13.3. The van der Waals surface area contributed by atoms with Crippen LogP contribution in [0, 0.1) is 0 Å². The molecule has 0 N–H and O–H groups in total. The van der Waals surface area contributed by atoms with Crippen LogP contribution in [-0.4, -0.2) is 14.8 Å². The Hall–Kier alpha value is -2.56. The van der Waals surface area contributed by atoms with Crippen molar-refractivity contribution in [3.8, 4) is 5.69 Å². The van der Waals surface area contributed by atoms with E-state index < -0.39 is 0 Å². The molecule has 0 aliphatic carbocycles. The highest BCUT2D eigenvalue weighted by atomic mass is 35.5. The maximum atomic E-state index is 6.24. The zero-order chi connectivity index (χ0) is 18.5. The second-order valence-electron chi connectivity index (χ2n) is 6.15. The Morgan fingerprint density at radius 2 is 1.48 bits per heavy atom. The number of aromatic nitrogens is 3. The van der Waals surface area contributed by atoms with E-state index in [2.05, 4.69) is 51.2 Å². The van der Waals surface area contributed by atoms with Gasteiger partial charge in [0.05, 0.1) is 5.69 Å². The third kappa shape index (κ3) is 4.41. The van der Waals surface area contributed by atoms with E-state index in [9.17, 15) is 0 Å². The maximum Gasteiger partial charge on any atom is 0.196 e. The molecule has 3 aromatic carbocycles. The predicted octanol–water partition coefficient (Wildman–Crippen LogP) is 5.80. The molecular weight excluding hydrogens is 374 g/mol. The van der Waals surface area contributed by atoms with Crippen LogP contribution in [0.5, 0.6) is 0 Å². The number of hydrogen-bond donors (Lipinski definition) is 0. The zero-order valence-corrected chi connectivity index (χ0v) is 16.2. The molecule has 0 bridgehead atoms. The minimum Gasteiger partial charge on any atom is -0.274 e. The van der Waals surface area contributed by atoms with E-state index >= 15 is 0 Å². The third-order valence-electron chi connectivity index (χ3n) is 4.18. The summed E-state index contributed by atoms with van der Waals surface area (Å²) in [6, 6.07) is 28.5. The molecule has 0 aliphatic heterocycles. The van der Waals surface area contributed by atoms with Gasteiger partial charge in [-0.2, -0.15) is 0 Å². The molecule has 0 aliphatic rings. The van der Waals surface area contributed by atoms with E-state index in [1.54, 1.807) is 11.8 Å². The van der Waals surface area contributed by atoms with E-state index in [0.717, 1.165) is 22.4 Å². The Balaban J connectivity index is 1.68. The van der Waals surface area contributed by atoms with Crippen LogP contribution in [0.4, 0.5) is 0 Å². The molecule has 0 saturated carbocycles. The molecule has 27 heavy (non-hydrogen) atoms. The van der Waals surface area contributed by atoms with Crippen molar-refractivity contribution in [1.82, 2.24) is 14.8 Å². The summed E-state index contributed by atoms with van der Waals surface area (Å²) in [4.78, 5) is 0. The fourth-order valence-electron chi connectivity index (χ4n) is 2.88. The minimum absolute atomic E-state index is 0.700. The lowest BCUT2D eigenvalue weighted by atomic mass is 10.1. The molecule has 0 fully saturated rings. The van der Waals surface area contributed by atoms with Gasteiger partial charge in [0.15, 0.2) is 5.16 Å². The van der Waals surface area contributed by atoms with Gasteiger partial charge in [-0.15, -0.1) is 10.2 Å². The fraction of sp³-hybridized carbons (Fsp3) is 0.0909. The molecule has 0 radical (unpaired) electrons. The van der Waals surface area contributed by atoms with Gasteiger partial charge in [0.25, 0.3) is 0 Å². The van der Waals surface area contributed by atoms with Crippen LogP contribution in [0.15, 0.2) is 90.1 Å². The molecule has 1 heterocycles. The summed E-state index contributed by atoms with van der Waals surface area (Å²) in [5.41, 5.74) is 3.44. The molecule has 0 spiro atoms. The summed E-state index contributed by atoms with van der Waals surface area (Å²) in [6.07, 6.45) is 0.715. The second kappa shape index (κ2) is 8.42. The van der Waals surface area contributed by atoms with Gasteiger partial charge in [0.2, 0.25) is 0 Å². The van der Waals surface area contributed by atoms with Gasteiger partial charge in [-0.25, -0.2) is 0 Å². The van der Waals surface area contributed by atoms with Crippen molar-refractivity contribution in [2.45, 2.75) is 17.3 Å². The van der Waals surface area contributed by atoms with Crippen LogP contribution in [-0.2, 0) is 12.2 Å². The summed E-state index contributed by atoms with van der Waals surface area (Å²) in [7, 11) is 0.